The zero-order chi connectivity index (χ0) is 16.9. The largest absolute Gasteiger partial charge is 0.497 e. The van der Waals surface area contributed by atoms with Crippen LogP contribution in [-0.2, 0) is 4.74 Å². The Bertz CT molecular complexity index is 559. The summed E-state index contributed by atoms with van der Waals surface area (Å²) >= 11 is 0. The smallest absolute Gasteiger partial charge is 0.411 e. The number of hydrogen-bond donors (Lipinski definition) is 0. The molecule has 2 rings (SSSR count). The van der Waals surface area contributed by atoms with Crippen LogP contribution in [0.25, 0.3) is 0 Å². The molecular formula is C17H17F3O3. The lowest BCUT2D eigenvalue weighted by Gasteiger charge is -2.20. The first-order chi connectivity index (χ1) is 10.9. The average Bonchev–Trinajstić information content (AvgIpc) is 2.55. The molecule has 6 heteroatoms. The van der Waals surface area contributed by atoms with Gasteiger partial charge in [-0.2, -0.15) is 13.2 Å². The summed E-state index contributed by atoms with van der Waals surface area (Å²) < 4.78 is 52.8. The molecular weight excluding hydrogens is 309 g/mol. The maximum Gasteiger partial charge on any atom is 0.411 e. The molecule has 23 heavy (non-hydrogen) atoms. The van der Waals surface area contributed by atoms with Gasteiger partial charge in [0.2, 0.25) is 0 Å². The predicted octanol–water partition coefficient (Wildman–Crippen LogP) is 4.37. The van der Waals surface area contributed by atoms with Gasteiger partial charge in [-0.1, -0.05) is 24.3 Å². The van der Waals surface area contributed by atoms with Crippen LogP contribution >= 0.6 is 0 Å². The van der Waals surface area contributed by atoms with Crippen molar-refractivity contribution < 1.29 is 27.4 Å². The van der Waals surface area contributed by atoms with Crippen LogP contribution in [0, 0.1) is 0 Å². The summed E-state index contributed by atoms with van der Waals surface area (Å²) in [6.07, 6.45) is -5.22. The summed E-state index contributed by atoms with van der Waals surface area (Å²) in [5, 5.41) is 0. The van der Waals surface area contributed by atoms with Gasteiger partial charge in [-0.3, -0.25) is 0 Å². The summed E-state index contributed by atoms with van der Waals surface area (Å²) in [5.41, 5.74) is 1.22. The highest BCUT2D eigenvalue weighted by molar-refractivity contribution is 5.36. The second-order valence-corrected chi connectivity index (χ2v) is 4.85. The van der Waals surface area contributed by atoms with Gasteiger partial charge in [0.15, 0.2) is 0 Å². The van der Waals surface area contributed by atoms with Crippen molar-refractivity contribution in [2.75, 3.05) is 20.8 Å². The summed E-state index contributed by atoms with van der Waals surface area (Å²) in [4.78, 5) is 0. The minimum atomic E-state index is -4.39. The zero-order valence-electron chi connectivity index (χ0n) is 12.8. The Hall–Kier alpha value is -2.21. The number of rotatable bonds is 6. The number of halogens is 3. The highest BCUT2D eigenvalue weighted by atomic mass is 19.4. The monoisotopic (exact) mass is 326 g/mol. The molecule has 0 saturated heterocycles. The normalized spacial score (nSPS) is 11.6. The van der Waals surface area contributed by atoms with Crippen molar-refractivity contribution in [3.8, 4) is 11.5 Å². The molecule has 0 radical (unpaired) electrons. The molecule has 0 aliphatic carbocycles. The van der Waals surface area contributed by atoms with Gasteiger partial charge in [-0.25, -0.2) is 0 Å². The lowest BCUT2D eigenvalue weighted by molar-refractivity contribution is -0.182. The van der Waals surface area contributed by atoms with Gasteiger partial charge in [0.25, 0.3) is 0 Å². The molecule has 0 amide bonds. The van der Waals surface area contributed by atoms with E-state index in [1.54, 1.807) is 48.5 Å². The second kappa shape index (κ2) is 7.37. The van der Waals surface area contributed by atoms with Crippen molar-refractivity contribution in [3.63, 3.8) is 0 Å². The van der Waals surface area contributed by atoms with E-state index in [4.69, 9.17) is 14.2 Å². The van der Waals surface area contributed by atoms with Gasteiger partial charge in [0.1, 0.15) is 24.2 Å². The number of ether oxygens (including phenoxy) is 3. The van der Waals surface area contributed by atoms with Gasteiger partial charge < -0.3 is 14.2 Å². The van der Waals surface area contributed by atoms with Crippen molar-refractivity contribution in [3.05, 3.63) is 59.7 Å². The maximum atomic E-state index is 12.5. The van der Waals surface area contributed by atoms with E-state index in [2.05, 4.69) is 0 Å². The van der Waals surface area contributed by atoms with E-state index in [0.29, 0.717) is 22.6 Å². The van der Waals surface area contributed by atoms with Crippen molar-refractivity contribution >= 4 is 0 Å². The lowest BCUT2D eigenvalue weighted by Crippen LogP contribution is -2.20. The van der Waals surface area contributed by atoms with Gasteiger partial charge in [-0.05, 0) is 35.4 Å². The zero-order valence-corrected chi connectivity index (χ0v) is 12.8. The Kier molecular flexibility index (Phi) is 5.50. The minimum Gasteiger partial charge on any atom is -0.497 e. The van der Waals surface area contributed by atoms with Gasteiger partial charge in [0, 0.05) is 0 Å². The lowest BCUT2D eigenvalue weighted by atomic mass is 10.0. The van der Waals surface area contributed by atoms with Gasteiger partial charge >= 0.3 is 6.18 Å². The first kappa shape index (κ1) is 17.1. The number of alkyl halides is 3. The third kappa shape index (κ3) is 4.89. The van der Waals surface area contributed by atoms with E-state index in [9.17, 15) is 13.2 Å². The summed E-state index contributed by atoms with van der Waals surface area (Å²) in [6, 6.07) is 13.5. The van der Waals surface area contributed by atoms with Crippen molar-refractivity contribution in [1.29, 1.82) is 0 Å². The highest BCUT2D eigenvalue weighted by Crippen LogP contribution is 2.30. The third-order valence-electron chi connectivity index (χ3n) is 3.25. The van der Waals surface area contributed by atoms with Gasteiger partial charge in [-0.15, -0.1) is 0 Å². The van der Waals surface area contributed by atoms with E-state index < -0.39 is 18.9 Å². The van der Waals surface area contributed by atoms with E-state index >= 15 is 0 Å². The number of methoxy groups -OCH3 is 2. The summed E-state index contributed by atoms with van der Waals surface area (Å²) in [7, 11) is 3.05. The number of benzene rings is 2. The minimum absolute atomic E-state index is 0.611. The molecule has 2 aromatic carbocycles. The van der Waals surface area contributed by atoms with E-state index in [0.717, 1.165) is 0 Å². The van der Waals surface area contributed by atoms with Crippen molar-refractivity contribution in [2.24, 2.45) is 0 Å². The van der Waals surface area contributed by atoms with Crippen molar-refractivity contribution in [2.45, 2.75) is 12.3 Å². The fourth-order valence-electron chi connectivity index (χ4n) is 2.12. The third-order valence-corrected chi connectivity index (χ3v) is 3.25. The molecule has 0 atom stereocenters. The Morgan fingerprint density at radius 2 is 1.17 bits per heavy atom. The first-order valence-corrected chi connectivity index (χ1v) is 6.89. The average molecular weight is 326 g/mol. The molecule has 0 heterocycles. The van der Waals surface area contributed by atoms with Crippen LogP contribution in [0.3, 0.4) is 0 Å². The molecule has 0 N–H and O–H groups in total. The van der Waals surface area contributed by atoms with Crippen LogP contribution in [0.15, 0.2) is 48.5 Å². The molecule has 0 unspecified atom stereocenters. The molecule has 124 valence electrons. The van der Waals surface area contributed by atoms with E-state index in [1.165, 1.54) is 14.2 Å². The van der Waals surface area contributed by atoms with Crippen LogP contribution < -0.4 is 9.47 Å². The Morgan fingerprint density at radius 3 is 1.48 bits per heavy atom. The molecule has 0 saturated carbocycles. The van der Waals surface area contributed by atoms with Crippen LogP contribution in [-0.4, -0.2) is 27.0 Å². The quantitative estimate of drug-likeness (QED) is 0.789. The summed E-state index contributed by atoms with van der Waals surface area (Å²) in [6.45, 7) is -1.32. The second-order valence-electron chi connectivity index (χ2n) is 4.85. The first-order valence-electron chi connectivity index (χ1n) is 6.89. The molecule has 0 spiro atoms. The number of hydrogen-bond acceptors (Lipinski definition) is 3. The molecule has 0 aliphatic heterocycles. The van der Waals surface area contributed by atoms with Crippen LogP contribution in [0.5, 0.6) is 11.5 Å². The molecule has 0 bridgehead atoms. The van der Waals surface area contributed by atoms with Crippen LogP contribution in [0.2, 0.25) is 0 Å². The van der Waals surface area contributed by atoms with Gasteiger partial charge in [0.05, 0.1) is 14.2 Å². The van der Waals surface area contributed by atoms with Crippen molar-refractivity contribution in [1.82, 2.24) is 0 Å². The molecule has 3 nitrogen and oxygen atoms in total. The van der Waals surface area contributed by atoms with Crippen LogP contribution in [0.4, 0.5) is 13.2 Å². The van der Waals surface area contributed by atoms with Crippen LogP contribution in [0.1, 0.15) is 17.2 Å². The fraction of sp³-hybridized carbons (Fsp3) is 0.294. The maximum absolute atomic E-state index is 12.5. The van der Waals surface area contributed by atoms with E-state index in [-0.39, 0.29) is 0 Å². The Morgan fingerprint density at radius 1 is 0.783 bits per heavy atom. The Labute approximate surface area is 132 Å². The summed E-state index contributed by atoms with van der Waals surface area (Å²) in [5.74, 6) is 1.25. The molecule has 2 aromatic rings. The predicted molar refractivity (Wildman–Crippen MR) is 79.8 cm³/mol. The Balaban J connectivity index is 2.29. The standard InChI is InChI=1S/C17H17F3O3/c1-21-14-7-3-12(4-8-14)16(23-11-17(18,19)20)13-5-9-15(22-2)10-6-13/h3-10,16H,11H2,1-2H3. The molecule has 0 aliphatic rings. The molecule has 0 aromatic heterocycles. The van der Waals surface area contributed by atoms with E-state index in [1.807, 2.05) is 0 Å². The fourth-order valence-corrected chi connectivity index (χ4v) is 2.12. The topological polar surface area (TPSA) is 27.7 Å². The molecule has 0 fully saturated rings. The highest BCUT2D eigenvalue weighted by Gasteiger charge is 2.30. The SMILES string of the molecule is COc1ccc(C(OCC(F)(F)F)c2ccc(OC)cc2)cc1.